The molecule has 1 unspecified atom stereocenters. The predicted octanol–water partition coefficient (Wildman–Crippen LogP) is 0.530. The zero-order chi connectivity index (χ0) is 35.9. The molecule has 4 aromatic rings. The highest BCUT2D eigenvalue weighted by Gasteiger charge is 2.22. The lowest BCUT2D eigenvalue weighted by atomic mass is 10.1. The van der Waals surface area contributed by atoms with Crippen LogP contribution in [0.2, 0.25) is 0 Å². The van der Waals surface area contributed by atoms with Crippen LogP contribution in [0.4, 0.5) is 17.5 Å². The van der Waals surface area contributed by atoms with Gasteiger partial charge in [-0.2, -0.15) is 21.7 Å². The summed E-state index contributed by atoms with van der Waals surface area (Å²) in [5.74, 6) is -1.06. The molecule has 0 saturated heterocycles. The van der Waals surface area contributed by atoms with Crippen LogP contribution < -0.4 is 27.0 Å². The van der Waals surface area contributed by atoms with Crippen molar-refractivity contribution in [2.24, 2.45) is 0 Å². The minimum absolute atomic E-state index is 0.0145. The highest BCUT2D eigenvalue weighted by molar-refractivity contribution is 7.98. The van der Waals surface area contributed by atoms with Gasteiger partial charge >= 0.3 is 5.97 Å². The van der Waals surface area contributed by atoms with Crippen LogP contribution in [0.15, 0.2) is 36.7 Å². The third-order valence-corrected chi connectivity index (χ3v) is 7.86. The molecule has 0 aliphatic carbocycles. The summed E-state index contributed by atoms with van der Waals surface area (Å²) in [6, 6.07) is 5.36. The SMILES string of the molecule is CSCCOCCc1cn(CCOCCNC(=O)CCC(NC(=O)c2ccc(N(C)Cc3cnc4nc(N)nc(N)c4n3)cc2)C(=O)O)nn1. The average Bonchev–Trinajstić information content (AvgIpc) is 3.55. The maximum atomic E-state index is 12.8. The van der Waals surface area contributed by atoms with E-state index < -0.39 is 17.9 Å². The fraction of sp³-hybridized carbons (Fsp3) is 0.452. The number of amides is 2. The Morgan fingerprint density at radius 1 is 1.04 bits per heavy atom. The molecule has 18 nitrogen and oxygen atoms in total. The van der Waals surface area contributed by atoms with Crippen molar-refractivity contribution in [3.05, 3.63) is 53.6 Å². The summed E-state index contributed by atoms with van der Waals surface area (Å²) in [4.78, 5) is 55.6. The summed E-state index contributed by atoms with van der Waals surface area (Å²) in [5.41, 5.74) is 14.7. The van der Waals surface area contributed by atoms with Gasteiger partial charge in [-0.15, -0.1) is 5.10 Å². The van der Waals surface area contributed by atoms with Crippen molar-refractivity contribution in [1.82, 2.24) is 45.6 Å². The first-order valence-corrected chi connectivity index (χ1v) is 17.2. The average molecular weight is 711 g/mol. The van der Waals surface area contributed by atoms with Gasteiger partial charge in [-0.3, -0.25) is 9.59 Å². The lowest BCUT2D eigenvalue weighted by Crippen LogP contribution is -2.41. The molecule has 1 atom stereocenters. The number of carbonyl (C=O) groups is 3. The molecule has 7 N–H and O–H groups in total. The van der Waals surface area contributed by atoms with Crippen LogP contribution in [0.5, 0.6) is 0 Å². The summed E-state index contributed by atoms with van der Waals surface area (Å²) in [5, 5.41) is 23.0. The van der Waals surface area contributed by atoms with E-state index in [2.05, 4.69) is 40.9 Å². The van der Waals surface area contributed by atoms with Crippen LogP contribution in [-0.4, -0.2) is 116 Å². The van der Waals surface area contributed by atoms with Crippen molar-refractivity contribution in [1.29, 1.82) is 0 Å². The van der Waals surface area contributed by atoms with Crippen LogP contribution in [0, 0.1) is 0 Å². The van der Waals surface area contributed by atoms with E-state index in [1.165, 1.54) is 0 Å². The highest BCUT2D eigenvalue weighted by Crippen LogP contribution is 2.19. The number of fused-ring (bicyclic) bond motifs is 1. The number of carboxylic acids is 1. The number of carbonyl (C=O) groups excluding carboxylic acids is 2. The summed E-state index contributed by atoms with van der Waals surface area (Å²) >= 11 is 1.74. The second-order valence-electron chi connectivity index (χ2n) is 11.1. The third kappa shape index (κ3) is 11.8. The number of carboxylic acid groups (broad SMARTS) is 1. The summed E-state index contributed by atoms with van der Waals surface area (Å²) in [6.45, 7) is 3.10. The Morgan fingerprint density at radius 3 is 2.58 bits per heavy atom. The fourth-order valence-corrected chi connectivity index (χ4v) is 4.91. The molecule has 0 aliphatic rings. The van der Waals surface area contributed by atoms with E-state index in [0.717, 1.165) is 17.1 Å². The second kappa shape index (κ2) is 19.2. The van der Waals surface area contributed by atoms with Crippen LogP contribution in [0.1, 0.15) is 34.6 Å². The maximum absolute atomic E-state index is 12.8. The Bertz CT molecular complexity index is 1720. The molecular weight excluding hydrogens is 668 g/mol. The molecular formula is C31H42N12O6S. The topological polar surface area (TPSA) is 252 Å². The summed E-state index contributed by atoms with van der Waals surface area (Å²) < 4.78 is 12.8. The largest absolute Gasteiger partial charge is 0.480 e. The van der Waals surface area contributed by atoms with E-state index in [1.54, 1.807) is 46.9 Å². The Morgan fingerprint density at radius 2 is 1.82 bits per heavy atom. The normalized spacial score (nSPS) is 11.7. The minimum Gasteiger partial charge on any atom is -0.480 e. The van der Waals surface area contributed by atoms with E-state index in [4.69, 9.17) is 20.9 Å². The molecule has 0 fully saturated rings. The lowest BCUT2D eigenvalue weighted by Gasteiger charge is -2.19. The smallest absolute Gasteiger partial charge is 0.326 e. The van der Waals surface area contributed by atoms with E-state index in [0.29, 0.717) is 56.2 Å². The van der Waals surface area contributed by atoms with Crippen molar-refractivity contribution < 1.29 is 29.0 Å². The Kier molecular flexibility index (Phi) is 14.4. The lowest BCUT2D eigenvalue weighted by molar-refractivity contribution is -0.139. The van der Waals surface area contributed by atoms with Gasteiger partial charge in [-0.05, 0) is 36.9 Å². The monoisotopic (exact) mass is 710 g/mol. The van der Waals surface area contributed by atoms with Crippen molar-refractivity contribution in [2.45, 2.75) is 38.4 Å². The number of hydrogen-bond donors (Lipinski definition) is 5. The second-order valence-corrected chi connectivity index (χ2v) is 12.1. The molecule has 3 heterocycles. The van der Waals surface area contributed by atoms with Gasteiger partial charge in [0.15, 0.2) is 17.0 Å². The summed E-state index contributed by atoms with van der Waals surface area (Å²) in [7, 11) is 1.84. The molecule has 0 aliphatic heterocycles. The first-order chi connectivity index (χ1) is 24.1. The zero-order valence-corrected chi connectivity index (χ0v) is 28.8. The first-order valence-electron chi connectivity index (χ1n) is 15.8. The van der Waals surface area contributed by atoms with Crippen molar-refractivity contribution in [3.63, 3.8) is 0 Å². The van der Waals surface area contributed by atoms with Gasteiger partial charge in [0.2, 0.25) is 11.9 Å². The Hall–Kier alpha value is -5.14. The number of nitrogens with two attached hydrogens (primary N) is 2. The van der Waals surface area contributed by atoms with Gasteiger partial charge in [0.25, 0.3) is 5.91 Å². The fourth-order valence-electron chi connectivity index (χ4n) is 4.63. The van der Waals surface area contributed by atoms with Crippen LogP contribution in [-0.2, 0) is 38.6 Å². The standard InChI is InChI=1S/C31H42N12O6S/c1-42(18-22-17-35-28-26(36-22)27(32)38-31(33)39-28)23-5-3-20(4-6-23)29(45)37-24(30(46)47)7-8-25(44)34-10-13-49-14-11-43-19-21(40-41-43)9-12-48-15-16-50-2/h3-6,17,19,24H,7-16,18H2,1-2H3,(H,34,44)(H,37,45)(H,46,47)(H4,32,33,35,38,39). The molecule has 4 rings (SSSR count). The van der Waals surface area contributed by atoms with Crippen molar-refractivity contribution in [2.75, 3.05) is 68.4 Å². The number of aromatic nitrogens is 7. The number of ether oxygens (including phenoxy) is 2. The molecule has 1 aromatic carbocycles. The zero-order valence-electron chi connectivity index (χ0n) is 27.9. The predicted molar refractivity (Wildman–Crippen MR) is 187 cm³/mol. The molecule has 268 valence electrons. The molecule has 3 aromatic heterocycles. The van der Waals surface area contributed by atoms with Crippen LogP contribution in [0.3, 0.4) is 0 Å². The van der Waals surface area contributed by atoms with Crippen LogP contribution in [0.25, 0.3) is 11.2 Å². The number of hydrogen-bond acceptors (Lipinski definition) is 15. The minimum atomic E-state index is -1.25. The van der Waals surface area contributed by atoms with Crippen molar-refractivity contribution in [3.8, 4) is 0 Å². The number of aliphatic carboxylic acids is 1. The molecule has 2 amide bonds. The number of nitrogens with zero attached hydrogens (tertiary/aromatic N) is 8. The molecule has 0 spiro atoms. The van der Waals surface area contributed by atoms with Gasteiger partial charge in [0.1, 0.15) is 6.04 Å². The number of anilines is 3. The number of benzene rings is 1. The van der Waals surface area contributed by atoms with Gasteiger partial charge in [0.05, 0.1) is 57.1 Å². The Labute approximate surface area is 292 Å². The van der Waals surface area contributed by atoms with Gasteiger partial charge in [0, 0.05) is 49.6 Å². The quantitative estimate of drug-likeness (QED) is 0.0740. The number of nitrogens with one attached hydrogen (secondary N) is 2. The molecule has 19 heteroatoms. The number of thioether (sulfide) groups is 1. The third-order valence-electron chi connectivity index (χ3n) is 7.29. The van der Waals surface area contributed by atoms with Gasteiger partial charge < -0.3 is 41.6 Å². The molecule has 0 bridgehead atoms. The van der Waals surface area contributed by atoms with E-state index in [-0.39, 0.29) is 49.2 Å². The molecule has 50 heavy (non-hydrogen) atoms. The number of rotatable bonds is 21. The van der Waals surface area contributed by atoms with Crippen molar-refractivity contribution >= 4 is 58.2 Å². The summed E-state index contributed by atoms with van der Waals surface area (Å²) in [6.07, 6.45) is 5.97. The van der Waals surface area contributed by atoms with E-state index in [1.807, 2.05) is 24.4 Å². The van der Waals surface area contributed by atoms with Gasteiger partial charge in [-0.1, -0.05) is 5.21 Å². The van der Waals surface area contributed by atoms with E-state index >= 15 is 0 Å². The molecule has 0 radical (unpaired) electrons. The number of nitrogen functional groups attached to an aromatic ring is 2. The Balaban J connectivity index is 1.13. The highest BCUT2D eigenvalue weighted by atomic mass is 32.2. The van der Waals surface area contributed by atoms with Crippen LogP contribution >= 0.6 is 11.8 Å². The molecule has 0 saturated carbocycles. The maximum Gasteiger partial charge on any atom is 0.326 e. The first kappa shape index (κ1) is 37.7. The van der Waals surface area contributed by atoms with Gasteiger partial charge in [-0.25, -0.2) is 19.4 Å². The van der Waals surface area contributed by atoms with E-state index in [9.17, 15) is 19.5 Å².